The lowest BCUT2D eigenvalue weighted by atomic mass is 9.64. The molecule has 2 saturated carbocycles. The summed E-state index contributed by atoms with van der Waals surface area (Å²) in [5, 5.41) is 0. The maximum atomic E-state index is 12.8. The fourth-order valence-corrected chi connectivity index (χ4v) is 3.05. The molecular weight excluding hydrogens is 184 g/mol. The minimum Gasteiger partial charge on any atom is -0.324 e. The van der Waals surface area contributed by atoms with E-state index in [2.05, 4.69) is 0 Å². The molecule has 0 amide bonds. The normalized spacial score (nSPS) is 31.9. The van der Waals surface area contributed by atoms with Crippen molar-refractivity contribution in [1.29, 1.82) is 0 Å². The van der Waals surface area contributed by atoms with Gasteiger partial charge in [0.25, 0.3) is 5.92 Å². The summed E-state index contributed by atoms with van der Waals surface area (Å²) in [5.74, 6) is -2.12. The zero-order valence-corrected chi connectivity index (χ0v) is 8.57. The Kier molecular flexibility index (Phi) is 2.54. The van der Waals surface area contributed by atoms with Crippen molar-refractivity contribution < 1.29 is 8.78 Å². The summed E-state index contributed by atoms with van der Waals surface area (Å²) in [7, 11) is 0. The van der Waals surface area contributed by atoms with Crippen LogP contribution in [0.15, 0.2) is 0 Å². The monoisotopic (exact) mass is 203 g/mol. The molecule has 2 aliphatic carbocycles. The van der Waals surface area contributed by atoms with Crippen molar-refractivity contribution in [1.82, 2.24) is 0 Å². The van der Waals surface area contributed by atoms with Crippen molar-refractivity contribution in [3.63, 3.8) is 0 Å². The average Bonchev–Trinajstić information content (AvgIpc) is 2.27. The number of rotatable bonds is 1. The smallest absolute Gasteiger partial charge is 0.251 e. The molecule has 0 unspecified atom stereocenters. The molecule has 3 heteroatoms. The molecular formula is C11H19F2N. The van der Waals surface area contributed by atoms with Gasteiger partial charge in [-0.2, -0.15) is 0 Å². The highest BCUT2D eigenvalue weighted by atomic mass is 19.3. The van der Waals surface area contributed by atoms with Crippen molar-refractivity contribution in [3.05, 3.63) is 0 Å². The number of nitrogens with two attached hydrogens (primary N) is 1. The van der Waals surface area contributed by atoms with E-state index < -0.39 is 11.5 Å². The second-order valence-corrected chi connectivity index (χ2v) is 5.13. The Hall–Kier alpha value is -0.180. The van der Waals surface area contributed by atoms with Gasteiger partial charge in [-0.25, -0.2) is 8.78 Å². The van der Waals surface area contributed by atoms with Gasteiger partial charge in [-0.05, 0) is 18.8 Å². The molecule has 0 aromatic rings. The van der Waals surface area contributed by atoms with Crippen LogP contribution in [0.4, 0.5) is 8.78 Å². The molecule has 0 heterocycles. The Morgan fingerprint density at radius 3 is 1.86 bits per heavy atom. The third-order valence-electron chi connectivity index (χ3n) is 3.84. The van der Waals surface area contributed by atoms with E-state index in [-0.39, 0.29) is 12.8 Å². The largest absolute Gasteiger partial charge is 0.324 e. The molecule has 2 rings (SSSR count). The van der Waals surface area contributed by atoms with E-state index in [0.29, 0.717) is 5.92 Å². The summed E-state index contributed by atoms with van der Waals surface area (Å²) in [5.41, 5.74) is 5.51. The lowest BCUT2D eigenvalue weighted by molar-refractivity contribution is -0.140. The number of halogens is 2. The van der Waals surface area contributed by atoms with Crippen LogP contribution in [-0.4, -0.2) is 11.5 Å². The molecule has 0 atom stereocenters. The van der Waals surface area contributed by atoms with E-state index in [1.807, 2.05) is 0 Å². The maximum absolute atomic E-state index is 12.8. The third kappa shape index (κ3) is 1.92. The zero-order chi connectivity index (χ0) is 10.2. The van der Waals surface area contributed by atoms with Gasteiger partial charge in [-0.1, -0.05) is 25.7 Å². The molecule has 0 aromatic carbocycles. The minimum atomic E-state index is -2.47. The highest BCUT2D eigenvalue weighted by Crippen LogP contribution is 2.50. The van der Waals surface area contributed by atoms with Gasteiger partial charge in [0, 0.05) is 18.4 Å². The molecule has 2 aliphatic rings. The van der Waals surface area contributed by atoms with E-state index >= 15 is 0 Å². The van der Waals surface area contributed by atoms with Gasteiger partial charge < -0.3 is 5.73 Å². The van der Waals surface area contributed by atoms with Gasteiger partial charge in [0.1, 0.15) is 0 Å². The molecule has 0 aromatic heterocycles. The molecule has 2 fully saturated rings. The van der Waals surface area contributed by atoms with Crippen LogP contribution in [0, 0.1) is 5.92 Å². The van der Waals surface area contributed by atoms with Crippen LogP contribution < -0.4 is 5.73 Å². The summed E-state index contributed by atoms with van der Waals surface area (Å²) in [4.78, 5) is 0. The van der Waals surface area contributed by atoms with Crippen molar-refractivity contribution in [2.45, 2.75) is 62.8 Å². The summed E-state index contributed by atoms with van der Waals surface area (Å²) in [6, 6.07) is 0. The van der Waals surface area contributed by atoms with Crippen LogP contribution in [0.25, 0.3) is 0 Å². The number of hydrogen-bond donors (Lipinski definition) is 1. The predicted molar refractivity (Wildman–Crippen MR) is 52.3 cm³/mol. The molecule has 0 saturated heterocycles. The summed E-state index contributed by atoms with van der Waals surface area (Å²) in [6.45, 7) is 0. The van der Waals surface area contributed by atoms with Gasteiger partial charge in [-0.3, -0.25) is 0 Å². The van der Waals surface area contributed by atoms with Crippen LogP contribution in [-0.2, 0) is 0 Å². The second kappa shape index (κ2) is 3.44. The average molecular weight is 203 g/mol. The standard InChI is InChI=1S/C11H19F2N/c12-11(13)7-10(14,8-11)9-5-3-1-2-4-6-9/h9H,1-8,14H2. The lowest BCUT2D eigenvalue weighted by Gasteiger charge is -2.49. The van der Waals surface area contributed by atoms with Gasteiger partial charge in [0.2, 0.25) is 0 Å². The Balaban J connectivity index is 1.94. The zero-order valence-electron chi connectivity index (χ0n) is 8.57. The summed E-state index contributed by atoms with van der Waals surface area (Å²) >= 11 is 0. The van der Waals surface area contributed by atoms with Gasteiger partial charge in [-0.15, -0.1) is 0 Å². The van der Waals surface area contributed by atoms with Crippen LogP contribution in [0.1, 0.15) is 51.4 Å². The van der Waals surface area contributed by atoms with Gasteiger partial charge >= 0.3 is 0 Å². The Morgan fingerprint density at radius 2 is 1.43 bits per heavy atom. The molecule has 0 spiro atoms. The first-order chi connectivity index (χ1) is 6.52. The lowest BCUT2D eigenvalue weighted by Crippen LogP contribution is -2.62. The fraction of sp³-hybridized carbons (Fsp3) is 1.00. The first-order valence-electron chi connectivity index (χ1n) is 5.69. The van der Waals surface area contributed by atoms with Crippen molar-refractivity contribution in [2.75, 3.05) is 0 Å². The second-order valence-electron chi connectivity index (χ2n) is 5.13. The number of hydrogen-bond acceptors (Lipinski definition) is 1. The molecule has 0 aliphatic heterocycles. The molecule has 0 radical (unpaired) electrons. The van der Waals surface area contributed by atoms with Crippen LogP contribution in [0.5, 0.6) is 0 Å². The van der Waals surface area contributed by atoms with E-state index in [4.69, 9.17) is 5.73 Å². The summed E-state index contributed by atoms with van der Waals surface area (Å²) < 4.78 is 25.6. The predicted octanol–water partition coefficient (Wildman–Crippen LogP) is 3.08. The SMILES string of the molecule is NC1(C2CCCCCC2)CC(F)(F)C1. The van der Waals surface area contributed by atoms with E-state index in [9.17, 15) is 8.78 Å². The van der Waals surface area contributed by atoms with Crippen molar-refractivity contribution in [2.24, 2.45) is 11.7 Å². The number of alkyl halides is 2. The first kappa shape index (κ1) is 10.3. The van der Waals surface area contributed by atoms with Crippen molar-refractivity contribution in [3.8, 4) is 0 Å². The highest BCUT2D eigenvalue weighted by molar-refractivity contribution is 5.07. The fourth-order valence-electron chi connectivity index (χ4n) is 3.05. The molecule has 14 heavy (non-hydrogen) atoms. The van der Waals surface area contributed by atoms with E-state index in [1.54, 1.807) is 0 Å². The molecule has 82 valence electrons. The van der Waals surface area contributed by atoms with Crippen LogP contribution >= 0.6 is 0 Å². The topological polar surface area (TPSA) is 26.0 Å². The molecule has 0 bridgehead atoms. The Bertz CT molecular complexity index is 199. The maximum Gasteiger partial charge on any atom is 0.251 e. The Labute approximate surface area is 84.0 Å². The third-order valence-corrected chi connectivity index (χ3v) is 3.84. The minimum absolute atomic E-state index is 0.0787. The summed E-state index contributed by atoms with van der Waals surface area (Å²) in [6.07, 6.45) is 6.82. The first-order valence-corrected chi connectivity index (χ1v) is 5.69. The van der Waals surface area contributed by atoms with E-state index in [1.165, 1.54) is 25.7 Å². The Morgan fingerprint density at radius 1 is 0.929 bits per heavy atom. The molecule has 2 N–H and O–H groups in total. The van der Waals surface area contributed by atoms with E-state index in [0.717, 1.165) is 12.8 Å². The highest BCUT2D eigenvalue weighted by Gasteiger charge is 2.57. The quantitative estimate of drug-likeness (QED) is 0.651. The van der Waals surface area contributed by atoms with Gasteiger partial charge in [0.05, 0.1) is 0 Å². The van der Waals surface area contributed by atoms with Crippen molar-refractivity contribution >= 4 is 0 Å². The van der Waals surface area contributed by atoms with Gasteiger partial charge in [0.15, 0.2) is 0 Å². The van der Waals surface area contributed by atoms with Crippen LogP contribution in [0.2, 0.25) is 0 Å². The van der Waals surface area contributed by atoms with Crippen LogP contribution in [0.3, 0.4) is 0 Å². The molecule has 1 nitrogen and oxygen atoms in total.